The number of alkyl halides is 3. The molecule has 28 heavy (non-hydrogen) atoms. The van der Waals surface area contributed by atoms with Gasteiger partial charge in [0.25, 0.3) is 0 Å². The molecule has 0 spiro atoms. The standard InChI is InChI=1S/C20H27F3N4O/c1-14-18(15(2)26(3)25-14)12-24-13-19(27-8-10-28-11-9-27)16-4-6-17(7-5-16)20(21,22)23/h4-7,19,24H,8-13H2,1-3H3. The number of ether oxygens (including phenoxy) is 1. The van der Waals surface area contributed by atoms with Crippen molar-refractivity contribution in [1.29, 1.82) is 0 Å². The predicted octanol–water partition coefficient (Wildman–Crippen LogP) is 3.22. The Morgan fingerprint density at radius 2 is 1.79 bits per heavy atom. The van der Waals surface area contributed by atoms with Crippen molar-refractivity contribution in [2.45, 2.75) is 32.6 Å². The lowest BCUT2D eigenvalue weighted by Crippen LogP contribution is -2.42. The molecule has 5 nitrogen and oxygen atoms in total. The first-order chi connectivity index (χ1) is 13.3. The topological polar surface area (TPSA) is 42.3 Å². The van der Waals surface area contributed by atoms with Gasteiger partial charge in [0.1, 0.15) is 0 Å². The normalized spacial score (nSPS) is 17.1. The van der Waals surface area contributed by atoms with Crippen molar-refractivity contribution in [3.05, 3.63) is 52.3 Å². The minimum atomic E-state index is -4.32. The van der Waals surface area contributed by atoms with Crippen molar-refractivity contribution >= 4 is 0 Å². The molecule has 1 unspecified atom stereocenters. The number of aromatic nitrogens is 2. The molecule has 0 saturated carbocycles. The van der Waals surface area contributed by atoms with Gasteiger partial charge in [0, 0.05) is 50.5 Å². The van der Waals surface area contributed by atoms with Crippen LogP contribution in [0.1, 0.15) is 34.1 Å². The smallest absolute Gasteiger partial charge is 0.379 e. The van der Waals surface area contributed by atoms with Crippen LogP contribution in [0.25, 0.3) is 0 Å². The summed E-state index contributed by atoms with van der Waals surface area (Å²) in [6, 6.07) is 5.50. The molecule has 1 fully saturated rings. The van der Waals surface area contributed by atoms with Gasteiger partial charge in [-0.05, 0) is 31.5 Å². The summed E-state index contributed by atoms with van der Waals surface area (Å²) in [6.45, 7) is 8.13. The average Bonchev–Trinajstić information content (AvgIpc) is 2.91. The molecule has 0 aliphatic carbocycles. The Bertz CT molecular complexity index is 780. The summed E-state index contributed by atoms with van der Waals surface area (Å²) < 4.78 is 46.0. The minimum Gasteiger partial charge on any atom is -0.379 e. The molecule has 1 saturated heterocycles. The van der Waals surface area contributed by atoms with Crippen LogP contribution in [0.15, 0.2) is 24.3 Å². The van der Waals surface area contributed by atoms with Gasteiger partial charge in [0.15, 0.2) is 0 Å². The van der Waals surface area contributed by atoms with Gasteiger partial charge in [0.05, 0.1) is 24.5 Å². The molecule has 0 amide bonds. The van der Waals surface area contributed by atoms with Crippen LogP contribution in [0.2, 0.25) is 0 Å². The van der Waals surface area contributed by atoms with Gasteiger partial charge in [-0.1, -0.05) is 12.1 Å². The summed E-state index contributed by atoms with van der Waals surface area (Å²) in [5, 5.41) is 7.91. The van der Waals surface area contributed by atoms with E-state index < -0.39 is 11.7 Å². The van der Waals surface area contributed by atoms with Crippen molar-refractivity contribution in [2.75, 3.05) is 32.8 Å². The Labute approximate surface area is 163 Å². The van der Waals surface area contributed by atoms with E-state index >= 15 is 0 Å². The van der Waals surface area contributed by atoms with E-state index in [-0.39, 0.29) is 6.04 Å². The first-order valence-electron chi connectivity index (χ1n) is 9.46. The number of nitrogens with one attached hydrogen (secondary N) is 1. The molecule has 1 aliphatic heterocycles. The van der Waals surface area contributed by atoms with Crippen LogP contribution < -0.4 is 5.32 Å². The number of aryl methyl sites for hydroxylation is 2. The van der Waals surface area contributed by atoms with E-state index in [2.05, 4.69) is 15.3 Å². The molecule has 0 bridgehead atoms. The predicted molar refractivity (Wildman–Crippen MR) is 101 cm³/mol. The molecule has 154 valence electrons. The fourth-order valence-corrected chi connectivity index (χ4v) is 3.65. The number of nitrogens with zero attached hydrogens (tertiary/aromatic N) is 3. The second-order valence-corrected chi connectivity index (χ2v) is 7.19. The molecular formula is C20H27F3N4O. The molecule has 3 rings (SSSR count). The summed E-state index contributed by atoms with van der Waals surface area (Å²) in [5.74, 6) is 0. The van der Waals surface area contributed by atoms with E-state index in [0.717, 1.165) is 47.7 Å². The van der Waals surface area contributed by atoms with E-state index in [1.807, 2.05) is 25.6 Å². The van der Waals surface area contributed by atoms with E-state index in [9.17, 15) is 13.2 Å². The van der Waals surface area contributed by atoms with Gasteiger partial charge in [-0.25, -0.2) is 0 Å². The SMILES string of the molecule is Cc1nn(C)c(C)c1CNCC(c1ccc(C(F)(F)F)cc1)N1CCOCC1. The third-order valence-corrected chi connectivity index (χ3v) is 5.41. The molecule has 1 aliphatic rings. The highest BCUT2D eigenvalue weighted by Gasteiger charge is 2.31. The van der Waals surface area contributed by atoms with Crippen LogP contribution in [-0.4, -0.2) is 47.5 Å². The van der Waals surface area contributed by atoms with Gasteiger partial charge < -0.3 is 10.1 Å². The number of hydrogen-bond acceptors (Lipinski definition) is 4. The quantitative estimate of drug-likeness (QED) is 0.814. The zero-order valence-electron chi connectivity index (χ0n) is 16.5. The summed E-state index contributed by atoms with van der Waals surface area (Å²) in [6.07, 6.45) is -4.32. The highest BCUT2D eigenvalue weighted by Crippen LogP contribution is 2.31. The zero-order valence-corrected chi connectivity index (χ0v) is 16.5. The first-order valence-corrected chi connectivity index (χ1v) is 9.46. The van der Waals surface area contributed by atoms with Gasteiger partial charge >= 0.3 is 6.18 Å². The monoisotopic (exact) mass is 396 g/mol. The maximum Gasteiger partial charge on any atom is 0.416 e. The van der Waals surface area contributed by atoms with Crippen molar-refractivity contribution in [2.24, 2.45) is 7.05 Å². The average molecular weight is 396 g/mol. The maximum absolute atomic E-state index is 12.9. The number of halogens is 3. The van der Waals surface area contributed by atoms with Crippen molar-refractivity contribution in [3.63, 3.8) is 0 Å². The van der Waals surface area contributed by atoms with E-state index in [1.54, 1.807) is 12.1 Å². The number of hydrogen-bond donors (Lipinski definition) is 1. The molecule has 1 aromatic carbocycles. The molecule has 2 heterocycles. The summed E-state index contributed by atoms with van der Waals surface area (Å²) in [7, 11) is 1.92. The number of rotatable bonds is 6. The third kappa shape index (κ3) is 4.74. The van der Waals surface area contributed by atoms with Gasteiger partial charge in [-0.15, -0.1) is 0 Å². The summed E-state index contributed by atoms with van der Waals surface area (Å²) >= 11 is 0. The lowest BCUT2D eigenvalue weighted by molar-refractivity contribution is -0.137. The minimum absolute atomic E-state index is 0.0107. The van der Waals surface area contributed by atoms with E-state index in [0.29, 0.717) is 26.3 Å². The second kappa shape index (κ2) is 8.63. The van der Waals surface area contributed by atoms with Crippen LogP contribution in [0, 0.1) is 13.8 Å². The van der Waals surface area contributed by atoms with E-state index in [4.69, 9.17) is 4.74 Å². The van der Waals surface area contributed by atoms with Crippen LogP contribution in [0.5, 0.6) is 0 Å². The molecule has 1 aromatic heterocycles. The van der Waals surface area contributed by atoms with E-state index in [1.165, 1.54) is 0 Å². The highest BCUT2D eigenvalue weighted by atomic mass is 19.4. The molecule has 8 heteroatoms. The Morgan fingerprint density at radius 3 is 2.32 bits per heavy atom. The lowest BCUT2D eigenvalue weighted by atomic mass is 10.0. The summed E-state index contributed by atoms with van der Waals surface area (Å²) in [4.78, 5) is 2.27. The van der Waals surface area contributed by atoms with Crippen LogP contribution in [0.4, 0.5) is 13.2 Å². The fraction of sp³-hybridized carbons (Fsp3) is 0.550. The molecule has 1 atom stereocenters. The third-order valence-electron chi connectivity index (χ3n) is 5.41. The van der Waals surface area contributed by atoms with Gasteiger partial charge in [0.2, 0.25) is 0 Å². The first kappa shape index (κ1) is 20.8. The highest BCUT2D eigenvalue weighted by molar-refractivity contribution is 5.28. The number of benzene rings is 1. The van der Waals surface area contributed by atoms with Crippen LogP contribution >= 0.6 is 0 Å². The van der Waals surface area contributed by atoms with Crippen molar-refractivity contribution < 1.29 is 17.9 Å². The molecule has 0 radical (unpaired) electrons. The Balaban J connectivity index is 1.73. The Kier molecular flexibility index (Phi) is 6.42. The Morgan fingerprint density at radius 1 is 1.14 bits per heavy atom. The summed E-state index contributed by atoms with van der Waals surface area (Å²) in [5.41, 5.74) is 3.52. The van der Waals surface area contributed by atoms with Crippen molar-refractivity contribution in [3.8, 4) is 0 Å². The maximum atomic E-state index is 12.9. The van der Waals surface area contributed by atoms with Gasteiger partial charge in [-0.3, -0.25) is 9.58 Å². The zero-order chi connectivity index (χ0) is 20.3. The molecular weight excluding hydrogens is 369 g/mol. The largest absolute Gasteiger partial charge is 0.416 e. The molecule has 2 aromatic rings. The Hall–Kier alpha value is -1.90. The van der Waals surface area contributed by atoms with Crippen LogP contribution in [-0.2, 0) is 24.5 Å². The number of morpholine rings is 1. The lowest BCUT2D eigenvalue weighted by Gasteiger charge is -2.35. The fourth-order valence-electron chi connectivity index (χ4n) is 3.65. The van der Waals surface area contributed by atoms with Crippen LogP contribution in [0.3, 0.4) is 0 Å². The van der Waals surface area contributed by atoms with Crippen molar-refractivity contribution in [1.82, 2.24) is 20.0 Å². The molecule has 1 N–H and O–H groups in total. The van der Waals surface area contributed by atoms with Gasteiger partial charge in [-0.2, -0.15) is 18.3 Å². The second-order valence-electron chi connectivity index (χ2n) is 7.19.